The zero-order valence-electron chi connectivity index (χ0n) is 9.15. The van der Waals surface area contributed by atoms with Crippen molar-refractivity contribution in [2.24, 2.45) is 5.92 Å². The molecule has 1 aliphatic rings. The normalized spacial score (nSPS) is 22.9. The van der Waals surface area contributed by atoms with Crippen molar-refractivity contribution in [2.75, 3.05) is 6.61 Å². The molecule has 0 amide bonds. The second-order valence-electron chi connectivity index (χ2n) is 3.93. The number of carbonyl (C=O) groups is 1. The van der Waals surface area contributed by atoms with Crippen molar-refractivity contribution in [2.45, 2.75) is 25.9 Å². The quantitative estimate of drug-likeness (QED) is 0.735. The van der Waals surface area contributed by atoms with Crippen molar-refractivity contribution in [1.82, 2.24) is 4.98 Å². The maximum atomic E-state index is 12.3. The molecule has 1 saturated carbocycles. The van der Waals surface area contributed by atoms with Crippen molar-refractivity contribution in [3.63, 3.8) is 0 Å². The van der Waals surface area contributed by atoms with E-state index in [1.165, 1.54) is 6.20 Å². The molecule has 1 aliphatic carbocycles. The number of hydrogen-bond donors (Lipinski definition) is 0. The van der Waals surface area contributed by atoms with Crippen LogP contribution in [0.1, 0.15) is 30.5 Å². The number of pyridine rings is 1. The molecule has 0 spiro atoms. The van der Waals surface area contributed by atoms with Crippen LogP contribution < -0.4 is 0 Å². The largest absolute Gasteiger partial charge is 0.466 e. The fourth-order valence-corrected chi connectivity index (χ4v) is 1.77. The lowest BCUT2D eigenvalue weighted by Crippen LogP contribution is -2.07. The van der Waals surface area contributed by atoms with Crippen LogP contribution in [0.2, 0.25) is 0 Å². The molecule has 0 bridgehead atoms. The van der Waals surface area contributed by atoms with Gasteiger partial charge in [0.1, 0.15) is 6.67 Å². The minimum absolute atomic E-state index is 0.0522. The smallest absolute Gasteiger partial charge is 0.309 e. The Hall–Kier alpha value is -1.45. The highest BCUT2D eigenvalue weighted by Crippen LogP contribution is 2.47. The van der Waals surface area contributed by atoms with E-state index in [0.29, 0.717) is 12.2 Å². The average Bonchev–Trinajstić information content (AvgIpc) is 3.09. The van der Waals surface area contributed by atoms with Gasteiger partial charge in [-0.3, -0.25) is 9.78 Å². The number of hydrogen-bond acceptors (Lipinski definition) is 3. The van der Waals surface area contributed by atoms with Gasteiger partial charge >= 0.3 is 5.97 Å². The lowest BCUT2D eigenvalue weighted by atomic mass is 10.2. The summed E-state index contributed by atoms with van der Waals surface area (Å²) in [6.45, 7) is 1.71. The van der Waals surface area contributed by atoms with Crippen LogP contribution in [0.4, 0.5) is 4.39 Å². The van der Waals surface area contributed by atoms with Crippen LogP contribution in [-0.4, -0.2) is 17.6 Å². The molecule has 0 N–H and O–H groups in total. The van der Waals surface area contributed by atoms with E-state index >= 15 is 0 Å². The lowest BCUT2D eigenvalue weighted by molar-refractivity contribution is -0.144. The van der Waals surface area contributed by atoms with Crippen molar-refractivity contribution in [3.8, 4) is 0 Å². The zero-order chi connectivity index (χ0) is 11.5. The monoisotopic (exact) mass is 223 g/mol. The van der Waals surface area contributed by atoms with E-state index in [9.17, 15) is 9.18 Å². The first-order chi connectivity index (χ1) is 7.76. The van der Waals surface area contributed by atoms with Gasteiger partial charge in [-0.05, 0) is 19.4 Å². The predicted octanol–water partition coefficient (Wildman–Crippen LogP) is 2.22. The van der Waals surface area contributed by atoms with E-state index in [4.69, 9.17) is 4.74 Å². The number of aromatic nitrogens is 1. The molecule has 1 heterocycles. The number of carbonyl (C=O) groups excluding carboxylic acids is 1. The van der Waals surface area contributed by atoms with E-state index in [1.54, 1.807) is 19.1 Å². The average molecular weight is 223 g/mol. The first-order valence-electron chi connectivity index (χ1n) is 5.43. The Bertz CT molecular complexity index is 377. The molecule has 86 valence electrons. The van der Waals surface area contributed by atoms with Crippen LogP contribution in [0.3, 0.4) is 0 Å². The second-order valence-corrected chi connectivity index (χ2v) is 3.93. The van der Waals surface area contributed by atoms with Gasteiger partial charge in [0, 0.05) is 23.4 Å². The molecule has 4 heteroatoms. The summed E-state index contributed by atoms with van der Waals surface area (Å²) >= 11 is 0. The summed E-state index contributed by atoms with van der Waals surface area (Å²) in [5.74, 6) is -0.0414. The van der Waals surface area contributed by atoms with Crippen LogP contribution in [-0.2, 0) is 16.2 Å². The molecule has 0 aliphatic heterocycles. The fourth-order valence-electron chi connectivity index (χ4n) is 1.77. The highest BCUT2D eigenvalue weighted by atomic mass is 19.1. The van der Waals surface area contributed by atoms with Crippen molar-refractivity contribution in [3.05, 3.63) is 29.6 Å². The first-order valence-corrected chi connectivity index (χ1v) is 5.43. The third-order valence-electron chi connectivity index (χ3n) is 2.76. The first kappa shape index (κ1) is 11.0. The molecule has 16 heavy (non-hydrogen) atoms. The van der Waals surface area contributed by atoms with Gasteiger partial charge in [-0.25, -0.2) is 4.39 Å². The molecule has 2 rings (SSSR count). The molecule has 0 aromatic carbocycles. The lowest BCUT2D eigenvalue weighted by Gasteiger charge is -2.01. The Morgan fingerprint density at radius 2 is 2.44 bits per heavy atom. The SMILES string of the molecule is CCOC(=O)C1CC1c1ccc(CF)cn1. The van der Waals surface area contributed by atoms with Crippen molar-refractivity contribution < 1.29 is 13.9 Å². The van der Waals surface area contributed by atoms with Gasteiger partial charge < -0.3 is 4.74 Å². The van der Waals surface area contributed by atoms with Crippen molar-refractivity contribution in [1.29, 1.82) is 0 Å². The summed E-state index contributed by atoms with van der Waals surface area (Å²) < 4.78 is 17.2. The van der Waals surface area contributed by atoms with E-state index in [2.05, 4.69) is 4.98 Å². The Morgan fingerprint density at radius 3 is 3.00 bits per heavy atom. The van der Waals surface area contributed by atoms with Crippen LogP contribution in [0.15, 0.2) is 18.3 Å². The van der Waals surface area contributed by atoms with Crippen LogP contribution >= 0.6 is 0 Å². The Kier molecular flexibility index (Phi) is 3.17. The topological polar surface area (TPSA) is 39.2 Å². The molecule has 0 radical (unpaired) electrons. The highest BCUT2D eigenvalue weighted by molar-refractivity contribution is 5.77. The molecule has 0 saturated heterocycles. The summed E-state index contributed by atoms with van der Waals surface area (Å²) in [5, 5.41) is 0. The van der Waals surface area contributed by atoms with Gasteiger partial charge in [-0.2, -0.15) is 0 Å². The molecule has 1 fully saturated rings. The fraction of sp³-hybridized carbons (Fsp3) is 0.500. The van der Waals surface area contributed by atoms with Gasteiger partial charge in [-0.1, -0.05) is 6.07 Å². The van der Waals surface area contributed by atoms with Gasteiger partial charge in [-0.15, -0.1) is 0 Å². The molecular formula is C12H14FNO2. The number of alkyl halides is 1. The predicted molar refractivity (Wildman–Crippen MR) is 56.5 cm³/mol. The maximum Gasteiger partial charge on any atom is 0.309 e. The summed E-state index contributed by atoms with van der Waals surface area (Å²) in [6, 6.07) is 3.50. The van der Waals surface area contributed by atoms with Crippen LogP contribution in [0.5, 0.6) is 0 Å². The van der Waals surface area contributed by atoms with E-state index in [0.717, 1.165) is 12.1 Å². The zero-order valence-corrected chi connectivity index (χ0v) is 9.15. The number of rotatable bonds is 4. The standard InChI is InChI=1S/C12H14FNO2/c1-2-16-12(15)10-5-9(10)11-4-3-8(6-13)7-14-11/h3-4,7,9-10H,2,5-6H2,1H3. The third kappa shape index (κ3) is 2.21. The number of halogens is 1. The van der Waals surface area contributed by atoms with E-state index in [-0.39, 0.29) is 17.8 Å². The van der Waals surface area contributed by atoms with Crippen LogP contribution in [0.25, 0.3) is 0 Å². The van der Waals surface area contributed by atoms with E-state index < -0.39 is 6.67 Å². The van der Waals surface area contributed by atoms with Gasteiger partial charge in [0.2, 0.25) is 0 Å². The van der Waals surface area contributed by atoms with Gasteiger partial charge in [0.05, 0.1) is 12.5 Å². The second kappa shape index (κ2) is 4.60. The summed E-state index contributed by atoms with van der Waals surface area (Å²) in [4.78, 5) is 15.6. The Labute approximate surface area is 93.6 Å². The number of nitrogens with zero attached hydrogens (tertiary/aromatic N) is 1. The Morgan fingerprint density at radius 1 is 1.62 bits per heavy atom. The van der Waals surface area contributed by atoms with Crippen molar-refractivity contribution >= 4 is 5.97 Å². The third-order valence-corrected chi connectivity index (χ3v) is 2.76. The minimum Gasteiger partial charge on any atom is -0.466 e. The molecule has 3 nitrogen and oxygen atoms in total. The van der Waals surface area contributed by atoms with Gasteiger partial charge in [0.15, 0.2) is 0 Å². The summed E-state index contributed by atoms with van der Waals surface area (Å²) in [7, 11) is 0. The summed E-state index contributed by atoms with van der Waals surface area (Å²) in [5.41, 5.74) is 1.42. The number of ether oxygens (including phenoxy) is 1. The molecule has 2 atom stereocenters. The minimum atomic E-state index is -0.501. The Balaban J connectivity index is 1.97. The molecule has 1 aromatic rings. The van der Waals surface area contributed by atoms with E-state index in [1.807, 2.05) is 0 Å². The van der Waals surface area contributed by atoms with Gasteiger partial charge in [0.25, 0.3) is 0 Å². The molecule has 1 aromatic heterocycles. The summed E-state index contributed by atoms with van der Waals surface area (Å²) in [6.07, 6.45) is 2.32. The molecular weight excluding hydrogens is 209 g/mol. The maximum absolute atomic E-state index is 12.3. The molecule has 2 unspecified atom stereocenters. The number of esters is 1. The van der Waals surface area contributed by atoms with Crippen LogP contribution in [0, 0.1) is 5.92 Å². The highest BCUT2D eigenvalue weighted by Gasteiger charge is 2.45.